The Kier molecular flexibility index (Phi) is 4.03. The lowest BCUT2D eigenvalue weighted by Crippen LogP contribution is -2.53. The molecule has 4 heteroatoms. The number of likely N-dealkylation sites (tertiary alicyclic amines) is 1. The van der Waals surface area contributed by atoms with Crippen LogP contribution in [0, 0.1) is 5.92 Å². The third-order valence-corrected chi connectivity index (χ3v) is 6.41. The minimum Gasteiger partial charge on any atom is -0.508 e. The molecule has 1 amide bonds. The van der Waals surface area contributed by atoms with Gasteiger partial charge in [0.15, 0.2) is 0 Å². The maximum atomic E-state index is 11.2. The molecule has 1 saturated heterocycles. The van der Waals surface area contributed by atoms with E-state index in [0.29, 0.717) is 18.2 Å². The van der Waals surface area contributed by atoms with Gasteiger partial charge in [0.1, 0.15) is 5.75 Å². The molecule has 24 heavy (non-hydrogen) atoms. The summed E-state index contributed by atoms with van der Waals surface area (Å²) in [7, 11) is 0. The molecule has 0 aromatic heterocycles. The lowest BCUT2D eigenvalue weighted by molar-refractivity contribution is -0.118. The third kappa shape index (κ3) is 3.04. The minimum absolute atomic E-state index is 0.118. The molecule has 1 saturated carbocycles. The van der Waals surface area contributed by atoms with E-state index >= 15 is 0 Å². The minimum atomic E-state index is -0.207. The van der Waals surface area contributed by atoms with Crippen molar-refractivity contribution in [2.45, 2.75) is 62.8 Å². The van der Waals surface area contributed by atoms with Crippen molar-refractivity contribution in [1.29, 1.82) is 0 Å². The second-order valence-corrected chi connectivity index (χ2v) is 8.19. The lowest BCUT2D eigenvalue weighted by atomic mass is 9.61. The second kappa shape index (κ2) is 6.07. The first-order chi connectivity index (χ1) is 11.6. The van der Waals surface area contributed by atoms with E-state index in [1.165, 1.54) is 30.5 Å². The molecule has 0 radical (unpaired) electrons. The zero-order valence-corrected chi connectivity index (χ0v) is 14.3. The van der Waals surface area contributed by atoms with E-state index in [9.17, 15) is 9.90 Å². The Balaban J connectivity index is 1.60. The van der Waals surface area contributed by atoms with Gasteiger partial charge in [-0.3, -0.25) is 9.69 Å². The topological polar surface area (TPSA) is 66.6 Å². The summed E-state index contributed by atoms with van der Waals surface area (Å²) in [5, 5.41) is 10.0. The molecule has 2 atom stereocenters. The summed E-state index contributed by atoms with van der Waals surface area (Å²) in [5.74, 6) is 1.08. The van der Waals surface area contributed by atoms with Crippen LogP contribution >= 0.6 is 0 Å². The number of benzene rings is 1. The van der Waals surface area contributed by atoms with E-state index < -0.39 is 0 Å². The van der Waals surface area contributed by atoms with E-state index in [-0.39, 0.29) is 11.3 Å². The number of aromatic hydroxyl groups is 1. The second-order valence-electron chi connectivity index (χ2n) is 8.19. The highest BCUT2D eigenvalue weighted by molar-refractivity contribution is 5.73. The van der Waals surface area contributed by atoms with E-state index in [0.717, 1.165) is 44.6 Å². The number of hydrogen-bond donors (Lipinski definition) is 2. The number of piperidine rings is 1. The van der Waals surface area contributed by atoms with Crippen molar-refractivity contribution < 1.29 is 9.90 Å². The summed E-state index contributed by atoms with van der Waals surface area (Å²) >= 11 is 0. The summed E-state index contributed by atoms with van der Waals surface area (Å²) in [4.78, 5) is 13.9. The monoisotopic (exact) mass is 328 g/mol. The smallest absolute Gasteiger partial charge is 0.217 e. The van der Waals surface area contributed by atoms with Crippen molar-refractivity contribution in [3.63, 3.8) is 0 Å². The Hall–Kier alpha value is -1.55. The predicted octanol–water partition coefficient (Wildman–Crippen LogP) is 2.72. The van der Waals surface area contributed by atoms with Gasteiger partial charge in [-0.15, -0.1) is 0 Å². The van der Waals surface area contributed by atoms with Gasteiger partial charge in [-0.2, -0.15) is 0 Å². The van der Waals surface area contributed by atoms with E-state index in [1.54, 1.807) is 0 Å². The van der Waals surface area contributed by atoms with Gasteiger partial charge in [-0.05, 0) is 86.1 Å². The van der Waals surface area contributed by atoms with Crippen molar-refractivity contribution in [2.75, 3.05) is 13.1 Å². The molecule has 0 spiro atoms. The molecule has 3 N–H and O–H groups in total. The Labute approximate surface area is 144 Å². The zero-order chi connectivity index (χ0) is 16.7. The first-order valence-electron chi connectivity index (χ1n) is 9.40. The molecule has 2 bridgehead atoms. The van der Waals surface area contributed by atoms with Gasteiger partial charge in [-0.1, -0.05) is 6.07 Å². The number of hydrogen-bond acceptors (Lipinski definition) is 3. The molecule has 130 valence electrons. The maximum Gasteiger partial charge on any atom is 0.217 e. The van der Waals surface area contributed by atoms with Crippen molar-refractivity contribution in [3.8, 4) is 5.75 Å². The summed E-state index contributed by atoms with van der Waals surface area (Å²) < 4.78 is 0. The Morgan fingerprint density at radius 3 is 2.96 bits per heavy atom. The fourth-order valence-corrected chi connectivity index (χ4v) is 4.99. The molecule has 1 aliphatic heterocycles. The number of carbonyl (C=O) groups excluding carboxylic acids is 1. The molecule has 2 fully saturated rings. The maximum absolute atomic E-state index is 11.2. The molecule has 2 aliphatic carbocycles. The summed E-state index contributed by atoms with van der Waals surface area (Å²) in [5.41, 5.74) is 8.19. The van der Waals surface area contributed by atoms with Crippen molar-refractivity contribution in [3.05, 3.63) is 29.3 Å². The van der Waals surface area contributed by atoms with E-state index in [4.69, 9.17) is 5.73 Å². The van der Waals surface area contributed by atoms with Gasteiger partial charge in [0, 0.05) is 19.0 Å². The number of nitrogens with two attached hydrogens (primary N) is 1. The van der Waals surface area contributed by atoms with Crippen LogP contribution in [0.4, 0.5) is 0 Å². The molecule has 3 aliphatic rings. The molecule has 4 nitrogen and oxygen atoms in total. The Morgan fingerprint density at radius 1 is 1.38 bits per heavy atom. The fraction of sp³-hybridized carbons (Fsp3) is 0.650. The molecular weight excluding hydrogens is 300 g/mol. The molecule has 4 rings (SSSR count). The van der Waals surface area contributed by atoms with Crippen molar-refractivity contribution in [2.24, 2.45) is 11.7 Å². The van der Waals surface area contributed by atoms with Gasteiger partial charge in [0.25, 0.3) is 0 Å². The standard InChI is InChI=1S/C20H28N2O2/c21-19(24)2-1-7-20-8-9-22(13-14-3-4-14)16(12-20)10-15-5-6-17(23)11-18(15)20/h5-6,11,14,16,23H,1-4,7-10,12-13H2,(H2,21,24)/t16?,20-/m0/s1. The third-order valence-electron chi connectivity index (χ3n) is 6.41. The summed E-state index contributed by atoms with van der Waals surface area (Å²) in [6, 6.07) is 6.53. The summed E-state index contributed by atoms with van der Waals surface area (Å²) in [6.45, 7) is 2.41. The van der Waals surface area contributed by atoms with Crippen LogP contribution in [0.5, 0.6) is 5.75 Å². The lowest BCUT2D eigenvalue weighted by Gasteiger charge is -2.52. The van der Waals surface area contributed by atoms with Gasteiger partial charge in [0.2, 0.25) is 5.91 Å². The number of phenolic OH excluding ortho intramolecular Hbond substituents is 1. The van der Waals surface area contributed by atoms with Crippen LogP contribution in [0.25, 0.3) is 0 Å². The van der Waals surface area contributed by atoms with Crippen LogP contribution in [0.1, 0.15) is 56.1 Å². The van der Waals surface area contributed by atoms with Crippen LogP contribution in [0.15, 0.2) is 18.2 Å². The average molecular weight is 328 g/mol. The number of carbonyl (C=O) groups is 1. The fourth-order valence-electron chi connectivity index (χ4n) is 4.99. The van der Waals surface area contributed by atoms with Crippen LogP contribution in [-0.2, 0) is 16.6 Å². The van der Waals surface area contributed by atoms with Crippen molar-refractivity contribution >= 4 is 5.91 Å². The van der Waals surface area contributed by atoms with Crippen LogP contribution in [0.2, 0.25) is 0 Å². The SMILES string of the molecule is NC(=O)CCC[C@@]12CCN(CC3CC3)C(Cc3ccc(O)cc31)C2. The Morgan fingerprint density at radius 2 is 2.21 bits per heavy atom. The number of phenols is 1. The van der Waals surface area contributed by atoms with Crippen LogP contribution in [0.3, 0.4) is 0 Å². The number of primary amides is 1. The highest BCUT2D eigenvalue weighted by Crippen LogP contribution is 2.49. The Bertz CT molecular complexity index is 641. The van der Waals surface area contributed by atoms with Gasteiger partial charge >= 0.3 is 0 Å². The quantitative estimate of drug-likeness (QED) is 0.844. The average Bonchev–Trinajstić information content (AvgIpc) is 3.35. The van der Waals surface area contributed by atoms with Crippen LogP contribution in [-0.4, -0.2) is 35.0 Å². The molecule has 1 heterocycles. The number of amides is 1. The van der Waals surface area contributed by atoms with Gasteiger partial charge < -0.3 is 10.8 Å². The summed E-state index contributed by atoms with van der Waals surface area (Å²) in [6.07, 6.45) is 8.50. The molecule has 1 aromatic carbocycles. The molecular formula is C20H28N2O2. The zero-order valence-electron chi connectivity index (χ0n) is 14.3. The molecule has 1 aromatic rings. The highest BCUT2D eigenvalue weighted by atomic mass is 16.3. The largest absolute Gasteiger partial charge is 0.508 e. The number of nitrogens with zero attached hydrogens (tertiary/aromatic N) is 1. The first-order valence-corrected chi connectivity index (χ1v) is 9.40. The number of fused-ring (bicyclic) bond motifs is 4. The van der Waals surface area contributed by atoms with Crippen LogP contribution < -0.4 is 5.73 Å². The number of rotatable bonds is 6. The molecule has 1 unspecified atom stereocenters. The van der Waals surface area contributed by atoms with Crippen molar-refractivity contribution in [1.82, 2.24) is 4.90 Å². The highest BCUT2D eigenvalue weighted by Gasteiger charge is 2.46. The first kappa shape index (κ1) is 15.9. The predicted molar refractivity (Wildman–Crippen MR) is 93.9 cm³/mol. The van der Waals surface area contributed by atoms with E-state index in [1.807, 2.05) is 12.1 Å². The normalized spacial score (nSPS) is 29.2. The van der Waals surface area contributed by atoms with Gasteiger partial charge in [-0.25, -0.2) is 0 Å². The van der Waals surface area contributed by atoms with Gasteiger partial charge in [0.05, 0.1) is 0 Å². The van der Waals surface area contributed by atoms with E-state index in [2.05, 4.69) is 11.0 Å².